The van der Waals surface area contributed by atoms with Gasteiger partial charge in [0.05, 0.1) is 12.1 Å². The third kappa shape index (κ3) is 2.81. The summed E-state index contributed by atoms with van der Waals surface area (Å²) in [6.45, 7) is 1.65. The van der Waals surface area contributed by atoms with Gasteiger partial charge in [-0.15, -0.1) is 12.4 Å². The first kappa shape index (κ1) is 14.9. The monoisotopic (exact) mass is 299 g/mol. The largest absolute Gasteiger partial charge is 0.467 e. The van der Waals surface area contributed by atoms with Crippen LogP contribution in [0.2, 0.25) is 0 Å². The summed E-state index contributed by atoms with van der Waals surface area (Å²) in [5.41, 5.74) is 5.91. The van der Waals surface area contributed by atoms with Gasteiger partial charge in [-0.3, -0.25) is 9.59 Å². The number of piperazine rings is 1. The summed E-state index contributed by atoms with van der Waals surface area (Å²) in [6.07, 6.45) is 3.60. The molecule has 2 heterocycles. The van der Waals surface area contributed by atoms with Crippen molar-refractivity contribution in [3.63, 3.8) is 0 Å². The molecular formula is C13H18ClN3O3. The van der Waals surface area contributed by atoms with Gasteiger partial charge < -0.3 is 20.0 Å². The van der Waals surface area contributed by atoms with Crippen LogP contribution in [0.3, 0.4) is 0 Å². The molecule has 110 valence electrons. The zero-order valence-electron chi connectivity index (χ0n) is 11.1. The van der Waals surface area contributed by atoms with E-state index < -0.39 is 0 Å². The first-order valence-corrected chi connectivity index (χ1v) is 6.55. The third-order valence-corrected chi connectivity index (χ3v) is 3.63. The molecule has 20 heavy (non-hydrogen) atoms. The molecule has 1 aliphatic heterocycles. The minimum absolute atomic E-state index is 0. The quantitative estimate of drug-likeness (QED) is 0.887. The van der Waals surface area contributed by atoms with Gasteiger partial charge in [-0.05, 0) is 18.9 Å². The van der Waals surface area contributed by atoms with E-state index in [0.29, 0.717) is 30.5 Å². The van der Waals surface area contributed by atoms with Gasteiger partial charge in [-0.2, -0.15) is 0 Å². The molecule has 3 rings (SSSR count). The summed E-state index contributed by atoms with van der Waals surface area (Å²) in [6, 6.07) is 2.06. The number of nitrogens with two attached hydrogens (primary N) is 1. The predicted octanol–water partition coefficient (Wildman–Crippen LogP) is 0.607. The zero-order chi connectivity index (χ0) is 13.4. The second-order valence-corrected chi connectivity index (χ2v) is 5.05. The molecule has 2 fully saturated rings. The summed E-state index contributed by atoms with van der Waals surface area (Å²) in [5, 5.41) is 0. The lowest BCUT2D eigenvalue weighted by Gasteiger charge is -2.34. The van der Waals surface area contributed by atoms with Gasteiger partial charge in [0.25, 0.3) is 5.91 Å². The van der Waals surface area contributed by atoms with Gasteiger partial charge in [0, 0.05) is 19.1 Å². The van der Waals surface area contributed by atoms with Gasteiger partial charge in [-0.25, -0.2) is 0 Å². The van der Waals surface area contributed by atoms with Crippen LogP contribution in [0.25, 0.3) is 0 Å². The van der Waals surface area contributed by atoms with Crippen molar-refractivity contribution in [3.8, 4) is 0 Å². The van der Waals surface area contributed by atoms with Crippen molar-refractivity contribution in [2.45, 2.75) is 25.4 Å². The highest BCUT2D eigenvalue weighted by atomic mass is 35.5. The lowest BCUT2D eigenvalue weighted by molar-refractivity contribution is -0.135. The molecule has 1 saturated heterocycles. The number of carbonyl (C=O) groups excluding carboxylic acids is 2. The topological polar surface area (TPSA) is 79.8 Å². The van der Waals surface area contributed by atoms with E-state index in [4.69, 9.17) is 10.2 Å². The number of halogens is 1. The Hall–Kier alpha value is -1.53. The Labute approximate surface area is 123 Å². The maximum atomic E-state index is 12.2. The molecule has 1 aromatic heterocycles. The van der Waals surface area contributed by atoms with Crippen molar-refractivity contribution in [1.29, 1.82) is 0 Å². The average Bonchev–Trinajstić information content (AvgIpc) is 3.14. The van der Waals surface area contributed by atoms with Gasteiger partial charge in [0.15, 0.2) is 0 Å². The van der Waals surface area contributed by atoms with Crippen molar-refractivity contribution in [1.82, 2.24) is 9.80 Å². The number of hydrogen-bond donors (Lipinski definition) is 1. The molecule has 2 amide bonds. The standard InChI is InChI=1S/C13H17N3O3.ClH/c14-6-11-5-9(8-19-11)13(18)15-3-4-16(10-1-2-10)12(17)7-15;/h5,8,10H,1-4,6-7,14H2;1H. The van der Waals surface area contributed by atoms with E-state index in [1.807, 2.05) is 4.90 Å². The highest BCUT2D eigenvalue weighted by molar-refractivity contribution is 5.97. The average molecular weight is 300 g/mol. The molecule has 0 aromatic carbocycles. The van der Waals surface area contributed by atoms with Gasteiger partial charge in [-0.1, -0.05) is 0 Å². The van der Waals surface area contributed by atoms with Gasteiger partial charge in [0.1, 0.15) is 18.6 Å². The first-order chi connectivity index (χ1) is 9.19. The first-order valence-electron chi connectivity index (χ1n) is 6.55. The Bertz CT molecular complexity index is 513. The number of rotatable bonds is 3. The summed E-state index contributed by atoms with van der Waals surface area (Å²) in [7, 11) is 0. The minimum Gasteiger partial charge on any atom is -0.467 e. The van der Waals surface area contributed by atoms with Crippen LogP contribution in [0.1, 0.15) is 29.0 Å². The fourth-order valence-corrected chi connectivity index (χ4v) is 2.41. The number of nitrogens with zero attached hydrogens (tertiary/aromatic N) is 2. The minimum atomic E-state index is -0.160. The van der Waals surface area contributed by atoms with E-state index >= 15 is 0 Å². The summed E-state index contributed by atoms with van der Waals surface area (Å²) < 4.78 is 5.15. The molecule has 0 atom stereocenters. The molecule has 1 saturated carbocycles. The van der Waals surface area contributed by atoms with Crippen molar-refractivity contribution in [2.24, 2.45) is 5.73 Å². The van der Waals surface area contributed by atoms with E-state index in [1.54, 1.807) is 11.0 Å². The number of hydrogen-bond acceptors (Lipinski definition) is 4. The van der Waals surface area contributed by atoms with E-state index in [2.05, 4.69) is 0 Å². The second-order valence-electron chi connectivity index (χ2n) is 5.05. The molecule has 6 nitrogen and oxygen atoms in total. The highest BCUT2D eigenvalue weighted by Gasteiger charge is 2.37. The maximum Gasteiger partial charge on any atom is 0.257 e. The highest BCUT2D eigenvalue weighted by Crippen LogP contribution is 2.28. The van der Waals surface area contributed by atoms with Crippen molar-refractivity contribution < 1.29 is 14.0 Å². The van der Waals surface area contributed by atoms with Crippen LogP contribution in [0, 0.1) is 0 Å². The normalized spacial score (nSPS) is 18.9. The van der Waals surface area contributed by atoms with Crippen LogP contribution in [0.4, 0.5) is 0 Å². The van der Waals surface area contributed by atoms with Crippen molar-refractivity contribution in [2.75, 3.05) is 19.6 Å². The van der Waals surface area contributed by atoms with Crippen LogP contribution in [0.5, 0.6) is 0 Å². The third-order valence-electron chi connectivity index (χ3n) is 3.63. The Morgan fingerprint density at radius 2 is 2.15 bits per heavy atom. The van der Waals surface area contributed by atoms with E-state index in [9.17, 15) is 9.59 Å². The predicted molar refractivity (Wildman–Crippen MR) is 74.5 cm³/mol. The van der Waals surface area contributed by atoms with Crippen molar-refractivity contribution in [3.05, 3.63) is 23.7 Å². The molecule has 1 aliphatic carbocycles. The van der Waals surface area contributed by atoms with Gasteiger partial charge in [0.2, 0.25) is 5.91 Å². The second kappa shape index (κ2) is 5.85. The molecule has 2 aliphatic rings. The van der Waals surface area contributed by atoms with Crippen LogP contribution in [-0.2, 0) is 11.3 Å². The summed E-state index contributed by atoms with van der Waals surface area (Å²) in [5.74, 6) is 0.461. The molecule has 2 N–H and O–H groups in total. The van der Waals surface area contributed by atoms with E-state index in [0.717, 1.165) is 12.8 Å². The lowest BCUT2D eigenvalue weighted by atomic mass is 10.2. The molecule has 7 heteroatoms. The molecule has 0 bridgehead atoms. The fraction of sp³-hybridized carbons (Fsp3) is 0.538. The Morgan fingerprint density at radius 3 is 2.70 bits per heavy atom. The zero-order valence-corrected chi connectivity index (χ0v) is 11.9. The Morgan fingerprint density at radius 1 is 1.40 bits per heavy atom. The molecular weight excluding hydrogens is 282 g/mol. The van der Waals surface area contributed by atoms with Gasteiger partial charge >= 0.3 is 0 Å². The lowest BCUT2D eigenvalue weighted by Crippen LogP contribution is -2.52. The molecule has 0 unspecified atom stereocenters. The van der Waals surface area contributed by atoms with Crippen LogP contribution >= 0.6 is 12.4 Å². The molecule has 1 aromatic rings. The van der Waals surface area contributed by atoms with E-state index in [1.165, 1.54) is 6.26 Å². The SMILES string of the molecule is Cl.NCc1cc(C(=O)N2CCN(C3CC3)C(=O)C2)co1. The number of amides is 2. The van der Waals surface area contributed by atoms with Crippen molar-refractivity contribution >= 4 is 24.2 Å². The molecule has 0 spiro atoms. The van der Waals surface area contributed by atoms with Crippen LogP contribution in [0.15, 0.2) is 16.7 Å². The summed E-state index contributed by atoms with van der Waals surface area (Å²) in [4.78, 5) is 27.7. The Balaban J connectivity index is 0.00000147. The number of furan rings is 1. The van der Waals surface area contributed by atoms with Crippen LogP contribution < -0.4 is 5.73 Å². The summed E-state index contributed by atoms with van der Waals surface area (Å²) >= 11 is 0. The Kier molecular flexibility index (Phi) is 4.35. The van der Waals surface area contributed by atoms with Crippen LogP contribution in [-0.4, -0.2) is 47.3 Å². The fourth-order valence-electron chi connectivity index (χ4n) is 2.41. The molecule has 0 radical (unpaired) electrons. The number of carbonyl (C=O) groups is 2. The maximum absolute atomic E-state index is 12.2. The van der Waals surface area contributed by atoms with E-state index in [-0.39, 0.29) is 37.3 Å². The smallest absolute Gasteiger partial charge is 0.257 e.